The van der Waals surface area contributed by atoms with Gasteiger partial charge in [0.25, 0.3) is 0 Å². The zero-order valence-corrected chi connectivity index (χ0v) is 16.6. The predicted octanol–water partition coefficient (Wildman–Crippen LogP) is 3.84. The third-order valence-electron chi connectivity index (χ3n) is 5.16. The van der Waals surface area contributed by atoms with Gasteiger partial charge in [0.1, 0.15) is 11.9 Å². The van der Waals surface area contributed by atoms with E-state index >= 15 is 0 Å². The Labute approximate surface area is 171 Å². The number of carbonyl (C=O) groups excluding carboxylic acids is 2. The number of amides is 2. The van der Waals surface area contributed by atoms with Crippen molar-refractivity contribution in [2.24, 2.45) is 0 Å². The number of halogens is 1. The molecule has 1 aliphatic rings. The Balaban J connectivity index is 1.89. The van der Waals surface area contributed by atoms with Crippen LogP contribution in [0.25, 0.3) is 0 Å². The molecule has 0 bridgehead atoms. The van der Waals surface area contributed by atoms with Crippen LogP contribution < -0.4 is 5.32 Å². The maximum Gasteiger partial charge on any atom is 0.247 e. The number of nitrogens with one attached hydrogen (secondary N) is 1. The molecule has 5 nitrogen and oxygen atoms in total. The molecule has 28 heavy (non-hydrogen) atoms. The standard InChI is InChI=1S/C22H26ClN3O2/c23-15-20(27)26(16-17-7-3-1-4-8-17)21(18-11-13-24-14-12-18)22(28)25-19-9-5-2-6-10-19/h1,3-4,7-8,11-14,19,21H,2,5-6,9-10,15-16H2,(H,25,28). The van der Waals surface area contributed by atoms with Crippen LogP contribution >= 0.6 is 11.6 Å². The van der Waals surface area contributed by atoms with Gasteiger partial charge in [0.15, 0.2) is 0 Å². The second kappa shape index (κ2) is 10.2. The summed E-state index contributed by atoms with van der Waals surface area (Å²) in [5.74, 6) is -0.607. The zero-order chi connectivity index (χ0) is 19.8. The molecule has 6 heteroatoms. The molecule has 1 saturated carbocycles. The lowest BCUT2D eigenvalue weighted by Gasteiger charge is -2.33. The Morgan fingerprint density at radius 2 is 1.75 bits per heavy atom. The number of aromatic nitrogens is 1. The molecule has 148 valence electrons. The van der Waals surface area contributed by atoms with Crippen LogP contribution in [0.3, 0.4) is 0 Å². The van der Waals surface area contributed by atoms with E-state index in [0.717, 1.165) is 36.8 Å². The van der Waals surface area contributed by atoms with Gasteiger partial charge in [-0.3, -0.25) is 14.6 Å². The number of carbonyl (C=O) groups is 2. The molecule has 1 aromatic carbocycles. The molecule has 0 saturated heterocycles. The summed E-state index contributed by atoms with van der Waals surface area (Å²) < 4.78 is 0. The van der Waals surface area contributed by atoms with Crippen molar-refractivity contribution < 1.29 is 9.59 Å². The average molecular weight is 400 g/mol. The molecule has 1 aliphatic carbocycles. The van der Waals surface area contributed by atoms with Crippen LogP contribution in [0.4, 0.5) is 0 Å². The quantitative estimate of drug-likeness (QED) is 0.719. The first-order valence-electron chi connectivity index (χ1n) is 9.78. The topological polar surface area (TPSA) is 62.3 Å². The van der Waals surface area contributed by atoms with Crippen LogP contribution in [0, 0.1) is 0 Å². The lowest BCUT2D eigenvalue weighted by atomic mass is 9.94. The minimum Gasteiger partial charge on any atom is -0.351 e. The van der Waals surface area contributed by atoms with Gasteiger partial charge in [-0.15, -0.1) is 11.6 Å². The van der Waals surface area contributed by atoms with Crippen LogP contribution in [0.1, 0.15) is 49.3 Å². The monoisotopic (exact) mass is 399 g/mol. The molecule has 1 atom stereocenters. The zero-order valence-electron chi connectivity index (χ0n) is 15.9. The van der Waals surface area contributed by atoms with Crippen molar-refractivity contribution in [1.29, 1.82) is 0 Å². The molecule has 1 N–H and O–H groups in total. The first-order valence-corrected chi connectivity index (χ1v) is 10.3. The van der Waals surface area contributed by atoms with Crippen molar-refractivity contribution in [3.05, 3.63) is 66.0 Å². The molecular formula is C22H26ClN3O2. The van der Waals surface area contributed by atoms with Crippen LogP contribution in [0.5, 0.6) is 0 Å². The number of alkyl halides is 1. The normalized spacial score (nSPS) is 15.6. The van der Waals surface area contributed by atoms with Crippen molar-refractivity contribution in [3.63, 3.8) is 0 Å². The molecule has 2 aromatic rings. The van der Waals surface area contributed by atoms with Gasteiger partial charge >= 0.3 is 0 Å². The minimum atomic E-state index is -0.739. The molecule has 1 aromatic heterocycles. The van der Waals surface area contributed by atoms with E-state index in [1.54, 1.807) is 29.4 Å². The average Bonchev–Trinajstić information content (AvgIpc) is 2.75. The fourth-order valence-electron chi connectivity index (χ4n) is 3.73. The third kappa shape index (κ3) is 5.32. The largest absolute Gasteiger partial charge is 0.351 e. The first kappa shape index (κ1) is 20.3. The summed E-state index contributed by atoms with van der Waals surface area (Å²) in [5.41, 5.74) is 1.68. The number of nitrogens with zero attached hydrogens (tertiary/aromatic N) is 2. The number of benzene rings is 1. The molecule has 3 rings (SSSR count). The summed E-state index contributed by atoms with van der Waals surface area (Å²) in [5, 5.41) is 3.17. The molecule has 1 unspecified atom stereocenters. The van der Waals surface area contributed by atoms with Gasteiger partial charge in [-0.1, -0.05) is 49.6 Å². The van der Waals surface area contributed by atoms with Crippen molar-refractivity contribution >= 4 is 23.4 Å². The fourth-order valence-corrected chi connectivity index (χ4v) is 3.88. The van der Waals surface area contributed by atoms with Crippen LogP contribution in [-0.4, -0.2) is 33.6 Å². The van der Waals surface area contributed by atoms with E-state index in [4.69, 9.17) is 11.6 Å². The molecule has 2 amide bonds. The SMILES string of the molecule is O=C(NC1CCCCC1)C(c1ccncc1)N(Cc1ccccc1)C(=O)CCl. The number of pyridine rings is 1. The highest BCUT2D eigenvalue weighted by molar-refractivity contribution is 6.27. The third-order valence-corrected chi connectivity index (χ3v) is 5.39. The summed E-state index contributed by atoms with van der Waals surface area (Å²) in [7, 11) is 0. The van der Waals surface area contributed by atoms with E-state index < -0.39 is 6.04 Å². The Bertz CT molecular complexity index is 764. The lowest BCUT2D eigenvalue weighted by Crippen LogP contribution is -2.47. The van der Waals surface area contributed by atoms with Gasteiger partial charge in [-0.05, 0) is 36.1 Å². The van der Waals surface area contributed by atoms with E-state index in [1.165, 1.54) is 6.42 Å². The highest BCUT2D eigenvalue weighted by Crippen LogP contribution is 2.25. The molecule has 1 heterocycles. The van der Waals surface area contributed by atoms with Gasteiger partial charge in [-0.2, -0.15) is 0 Å². The van der Waals surface area contributed by atoms with Gasteiger partial charge in [-0.25, -0.2) is 0 Å². The lowest BCUT2D eigenvalue weighted by molar-refractivity contribution is -0.140. The smallest absolute Gasteiger partial charge is 0.247 e. The minimum absolute atomic E-state index is 0.160. The Morgan fingerprint density at radius 1 is 1.07 bits per heavy atom. The summed E-state index contributed by atoms with van der Waals surface area (Å²) in [6, 6.07) is 12.6. The maximum absolute atomic E-state index is 13.3. The molecule has 0 aliphatic heterocycles. The second-order valence-electron chi connectivity index (χ2n) is 7.17. The molecular weight excluding hydrogens is 374 g/mol. The van der Waals surface area contributed by atoms with E-state index in [1.807, 2.05) is 30.3 Å². The van der Waals surface area contributed by atoms with Crippen LogP contribution in [-0.2, 0) is 16.1 Å². The maximum atomic E-state index is 13.3. The Kier molecular flexibility index (Phi) is 7.43. The van der Waals surface area contributed by atoms with Crippen molar-refractivity contribution in [1.82, 2.24) is 15.2 Å². The Hall–Kier alpha value is -2.40. The van der Waals surface area contributed by atoms with Crippen molar-refractivity contribution in [2.45, 2.75) is 50.7 Å². The fraction of sp³-hybridized carbons (Fsp3) is 0.409. The Morgan fingerprint density at radius 3 is 2.39 bits per heavy atom. The number of rotatable bonds is 7. The van der Waals surface area contributed by atoms with Gasteiger partial charge in [0, 0.05) is 25.0 Å². The van der Waals surface area contributed by atoms with Gasteiger partial charge in [0.2, 0.25) is 11.8 Å². The number of hydrogen-bond donors (Lipinski definition) is 1. The summed E-state index contributed by atoms with van der Waals surface area (Å²) >= 11 is 5.91. The van der Waals surface area contributed by atoms with E-state index in [-0.39, 0.29) is 23.7 Å². The highest BCUT2D eigenvalue weighted by atomic mass is 35.5. The second-order valence-corrected chi connectivity index (χ2v) is 7.43. The summed E-state index contributed by atoms with van der Waals surface area (Å²) in [6.07, 6.45) is 8.71. The molecule has 0 radical (unpaired) electrons. The summed E-state index contributed by atoms with van der Waals surface area (Å²) in [4.78, 5) is 31.6. The van der Waals surface area contributed by atoms with Gasteiger partial charge < -0.3 is 10.2 Å². The van der Waals surface area contributed by atoms with Crippen LogP contribution in [0.15, 0.2) is 54.9 Å². The highest BCUT2D eigenvalue weighted by Gasteiger charge is 2.32. The molecule has 0 spiro atoms. The first-order chi connectivity index (χ1) is 13.7. The van der Waals surface area contributed by atoms with Crippen molar-refractivity contribution in [3.8, 4) is 0 Å². The van der Waals surface area contributed by atoms with E-state index in [2.05, 4.69) is 10.3 Å². The van der Waals surface area contributed by atoms with Gasteiger partial charge in [0.05, 0.1) is 0 Å². The van der Waals surface area contributed by atoms with Crippen molar-refractivity contribution in [2.75, 3.05) is 5.88 Å². The van der Waals surface area contributed by atoms with E-state index in [9.17, 15) is 9.59 Å². The summed E-state index contributed by atoms with van der Waals surface area (Å²) in [6.45, 7) is 0.317. The molecule has 1 fully saturated rings. The predicted molar refractivity (Wildman–Crippen MR) is 110 cm³/mol. The van der Waals surface area contributed by atoms with Crippen LogP contribution in [0.2, 0.25) is 0 Å². The number of hydrogen-bond acceptors (Lipinski definition) is 3. The van der Waals surface area contributed by atoms with E-state index in [0.29, 0.717) is 6.54 Å².